The van der Waals surface area contributed by atoms with Crippen LogP contribution in [0.3, 0.4) is 0 Å². The Morgan fingerprint density at radius 3 is 2.70 bits per heavy atom. The molecule has 0 bridgehead atoms. The van der Waals surface area contributed by atoms with E-state index < -0.39 is 6.29 Å². The smallest absolute Gasteiger partial charge is 0.155 e. The van der Waals surface area contributed by atoms with Crippen LogP contribution in [0.25, 0.3) is 0 Å². The van der Waals surface area contributed by atoms with E-state index in [1.54, 1.807) is 0 Å². The zero-order chi connectivity index (χ0) is 16.8. The van der Waals surface area contributed by atoms with Gasteiger partial charge in [0.15, 0.2) is 6.29 Å². The first-order valence-electron chi connectivity index (χ1n) is 9.12. The van der Waals surface area contributed by atoms with E-state index in [2.05, 4.69) is 27.4 Å². The van der Waals surface area contributed by atoms with Crippen LogP contribution in [0.15, 0.2) is 23.8 Å². The minimum Gasteiger partial charge on any atom is -0.392 e. The molecular formula is C20H32O3. The first kappa shape index (κ1) is 17.2. The number of ether oxygens (including phenoxy) is 1. The fourth-order valence-corrected chi connectivity index (χ4v) is 5.95. The molecule has 1 aliphatic heterocycles. The van der Waals surface area contributed by atoms with Crippen LogP contribution in [-0.4, -0.2) is 29.2 Å². The molecule has 1 heterocycles. The lowest BCUT2D eigenvalue weighted by atomic mass is 9.49. The van der Waals surface area contributed by atoms with E-state index in [9.17, 15) is 10.2 Å². The van der Waals surface area contributed by atoms with Gasteiger partial charge in [0, 0.05) is 6.42 Å². The molecule has 0 radical (unpaired) electrons. The molecule has 0 aromatic carbocycles. The first-order chi connectivity index (χ1) is 10.8. The summed E-state index contributed by atoms with van der Waals surface area (Å²) >= 11 is 0. The fourth-order valence-electron chi connectivity index (χ4n) is 5.95. The quantitative estimate of drug-likeness (QED) is 0.813. The average molecular weight is 320 g/mol. The maximum absolute atomic E-state index is 10.5. The summed E-state index contributed by atoms with van der Waals surface area (Å²) in [5.74, 6) is 0.828. The Morgan fingerprint density at radius 2 is 2.04 bits per heavy atom. The molecule has 2 aliphatic carbocycles. The van der Waals surface area contributed by atoms with E-state index in [0.717, 1.165) is 24.0 Å². The number of hydrogen-bond acceptors (Lipinski definition) is 3. The molecule has 0 unspecified atom stereocenters. The van der Waals surface area contributed by atoms with Crippen molar-refractivity contribution in [1.29, 1.82) is 0 Å². The second-order valence-electron chi connectivity index (χ2n) is 8.71. The highest BCUT2D eigenvalue weighted by Gasteiger charge is 2.56. The van der Waals surface area contributed by atoms with E-state index in [4.69, 9.17) is 4.74 Å². The summed E-state index contributed by atoms with van der Waals surface area (Å²) in [6.07, 6.45) is 7.34. The number of rotatable bonds is 2. The average Bonchev–Trinajstić information content (AvgIpc) is 2.61. The number of hydrogen-bond donors (Lipinski definition) is 2. The molecule has 0 spiro atoms. The monoisotopic (exact) mass is 320 g/mol. The molecule has 0 amide bonds. The first-order valence-corrected chi connectivity index (χ1v) is 9.12. The Kier molecular flexibility index (Phi) is 4.50. The SMILES string of the molecule is C=CC1=C(CO)[C@@H]2O[C@@H](O)C[C@H]3C(C)(C)CCC[C@]3(C)[C@H]2CC1. The second kappa shape index (κ2) is 6.02. The molecule has 23 heavy (non-hydrogen) atoms. The van der Waals surface area contributed by atoms with E-state index >= 15 is 0 Å². The number of aliphatic hydroxyl groups is 2. The summed E-state index contributed by atoms with van der Waals surface area (Å²) in [5, 5.41) is 20.5. The van der Waals surface area contributed by atoms with Crippen LogP contribution in [0.4, 0.5) is 0 Å². The van der Waals surface area contributed by atoms with Gasteiger partial charge in [-0.15, -0.1) is 0 Å². The van der Waals surface area contributed by atoms with Crippen molar-refractivity contribution in [3.8, 4) is 0 Å². The molecule has 5 atom stereocenters. The standard InChI is InChI=1S/C20H32O3/c1-5-13-7-8-15-18(14(13)12-21)23-17(22)11-16-19(2,3)9-6-10-20(15,16)4/h5,15-18,21-22H,1,6-12H2,2-4H3/t15-,16-,17+,18-,20+/m0/s1. The van der Waals surface area contributed by atoms with Gasteiger partial charge in [0.25, 0.3) is 0 Å². The van der Waals surface area contributed by atoms with Crippen molar-refractivity contribution in [2.24, 2.45) is 22.7 Å². The summed E-state index contributed by atoms with van der Waals surface area (Å²) in [6.45, 7) is 11.0. The Bertz CT molecular complexity index is 507. The molecule has 0 aromatic rings. The van der Waals surface area contributed by atoms with Gasteiger partial charge < -0.3 is 14.9 Å². The lowest BCUT2D eigenvalue weighted by molar-refractivity contribution is -0.140. The normalized spacial score (nSPS) is 43.3. The summed E-state index contributed by atoms with van der Waals surface area (Å²) in [6, 6.07) is 0. The third-order valence-corrected chi connectivity index (χ3v) is 7.13. The van der Waals surface area contributed by atoms with E-state index in [1.807, 2.05) is 6.08 Å². The van der Waals surface area contributed by atoms with Crippen LogP contribution in [0.1, 0.15) is 59.3 Å². The number of fused-ring (bicyclic) bond motifs is 3. The van der Waals surface area contributed by atoms with Crippen LogP contribution in [0, 0.1) is 22.7 Å². The van der Waals surface area contributed by atoms with E-state index in [0.29, 0.717) is 18.3 Å². The number of allylic oxidation sites excluding steroid dienone is 2. The van der Waals surface area contributed by atoms with E-state index in [1.165, 1.54) is 19.3 Å². The van der Waals surface area contributed by atoms with Crippen molar-refractivity contribution in [3.63, 3.8) is 0 Å². The Balaban J connectivity index is 2.06. The summed E-state index contributed by atoms with van der Waals surface area (Å²) < 4.78 is 6.09. The van der Waals surface area contributed by atoms with Crippen LogP contribution < -0.4 is 0 Å². The van der Waals surface area contributed by atoms with Crippen molar-refractivity contribution in [2.45, 2.75) is 71.7 Å². The highest BCUT2D eigenvalue weighted by atomic mass is 16.6. The van der Waals surface area contributed by atoms with E-state index in [-0.39, 0.29) is 23.5 Å². The molecule has 130 valence electrons. The van der Waals surface area contributed by atoms with Crippen LogP contribution in [0.2, 0.25) is 0 Å². The zero-order valence-electron chi connectivity index (χ0n) is 14.8. The van der Waals surface area contributed by atoms with Crippen molar-refractivity contribution >= 4 is 0 Å². The van der Waals surface area contributed by atoms with Crippen LogP contribution in [0.5, 0.6) is 0 Å². The van der Waals surface area contributed by atoms with Crippen molar-refractivity contribution < 1.29 is 14.9 Å². The minimum absolute atomic E-state index is 0.000616. The Hall–Kier alpha value is -0.640. The number of aliphatic hydroxyl groups excluding tert-OH is 2. The van der Waals surface area contributed by atoms with Gasteiger partial charge in [-0.2, -0.15) is 0 Å². The van der Waals surface area contributed by atoms with Crippen molar-refractivity contribution in [3.05, 3.63) is 23.8 Å². The van der Waals surface area contributed by atoms with Gasteiger partial charge in [-0.25, -0.2) is 0 Å². The minimum atomic E-state index is -0.739. The van der Waals surface area contributed by atoms with Gasteiger partial charge in [0.1, 0.15) is 0 Å². The largest absolute Gasteiger partial charge is 0.392 e. The third kappa shape index (κ3) is 2.71. The Labute approximate surface area is 140 Å². The molecule has 1 saturated carbocycles. The fraction of sp³-hybridized carbons (Fsp3) is 0.800. The molecule has 2 N–H and O–H groups in total. The van der Waals surface area contributed by atoms with Crippen molar-refractivity contribution in [1.82, 2.24) is 0 Å². The van der Waals surface area contributed by atoms with Gasteiger partial charge in [0.05, 0.1) is 12.7 Å². The molecule has 2 fully saturated rings. The summed E-state index contributed by atoms with van der Waals surface area (Å²) in [4.78, 5) is 0. The lowest BCUT2D eigenvalue weighted by Gasteiger charge is -2.55. The molecule has 3 nitrogen and oxygen atoms in total. The van der Waals surface area contributed by atoms with Gasteiger partial charge in [0.2, 0.25) is 0 Å². The van der Waals surface area contributed by atoms with Gasteiger partial charge in [-0.05, 0) is 59.5 Å². The molecule has 3 heteroatoms. The van der Waals surface area contributed by atoms with Gasteiger partial charge >= 0.3 is 0 Å². The topological polar surface area (TPSA) is 49.7 Å². The predicted molar refractivity (Wildman–Crippen MR) is 91.8 cm³/mol. The highest BCUT2D eigenvalue weighted by Crippen LogP contribution is 2.61. The highest BCUT2D eigenvalue weighted by molar-refractivity contribution is 5.32. The predicted octanol–water partition coefficient (Wildman–Crippen LogP) is 3.81. The molecular weight excluding hydrogens is 288 g/mol. The van der Waals surface area contributed by atoms with Crippen molar-refractivity contribution in [2.75, 3.05) is 6.61 Å². The molecule has 1 saturated heterocycles. The Morgan fingerprint density at radius 1 is 1.30 bits per heavy atom. The summed E-state index contributed by atoms with van der Waals surface area (Å²) in [7, 11) is 0. The molecule has 0 aromatic heterocycles. The lowest BCUT2D eigenvalue weighted by Crippen LogP contribution is -2.49. The third-order valence-electron chi connectivity index (χ3n) is 7.13. The molecule has 3 rings (SSSR count). The van der Waals surface area contributed by atoms with Gasteiger partial charge in [-0.1, -0.05) is 39.8 Å². The summed E-state index contributed by atoms with van der Waals surface area (Å²) in [5.41, 5.74) is 2.45. The van der Waals surface area contributed by atoms with Gasteiger partial charge in [-0.3, -0.25) is 0 Å². The maximum Gasteiger partial charge on any atom is 0.155 e. The maximum atomic E-state index is 10.5. The molecule has 3 aliphatic rings. The van der Waals surface area contributed by atoms with Crippen LogP contribution >= 0.6 is 0 Å². The van der Waals surface area contributed by atoms with Crippen LogP contribution in [-0.2, 0) is 4.74 Å². The second-order valence-corrected chi connectivity index (χ2v) is 8.71. The zero-order valence-corrected chi connectivity index (χ0v) is 14.8.